The Bertz CT molecular complexity index is 1080. The molecule has 1 atom stereocenters. The molecule has 3 aromatic rings. The summed E-state index contributed by atoms with van der Waals surface area (Å²) in [6.45, 7) is 0.454. The van der Waals surface area contributed by atoms with E-state index in [1.54, 1.807) is 11.8 Å². The number of carbonyl (C=O) groups excluding carboxylic acids is 1. The minimum Gasteiger partial charge on any atom is -0.497 e. The number of halogens is 3. The van der Waals surface area contributed by atoms with E-state index in [4.69, 9.17) is 9.47 Å². The SMILES string of the molecule is COc1ccc([C@H]2Cn3nnc(C(=O)NCc4cccc(C(F)(F)F)c4)c3CO2)cc1. The molecule has 0 spiro atoms. The number of hydrogen-bond acceptors (Lipinski definition) is 5. The third-order valence-electron chi connectivity index (χ3n) is 5.01. The smallest absolute Gasteiger partial charge is 0.416 e. The van der Waals surface area contributed by atoms with Crippen molar-refractivity contribution in [3.8, 4) is 5.75 Å². The molecule has 0 bridgehead atoms. The quantitative estimate of drug-likeness (QED) is 0.668. The fourth-order valence-electron chi connectivity index (χ4n) is 3.33. The average molecular weight is 432 g/mol. The van der Waals surface area contributed by atoms with E-state index >= 15 is 0 Å². The average Bonchev–Trinajstić information content (AvgIpc) is 3.20. The van der Waals surface area contributed by atoms with Crippen LogP contribution >= 0.6 is 0 Å². The second-order valence-corrected chi connectivity index (χ2v) is 7.02. The lowest BCUT2D eigenvalue weighted by Crippen LogP contribution is -2.27. The van der Waals surface area contributed by atoms with E-state index in [1.807, 2.05) is 24.3 Å². The Balaban J connectivity index is 1.42. The van der Waals surface area contributed by atoms with Crippen LogP contribution in [0, 0.1) is 0 Å². The Hall–Kier alpha value is -3.40. The maximum atomic E-state index is 12.8. The van der Waals surface area contributed by atoms with Crippen molar-refractivity contribution < 1.29 is 27.4 Å². The van der Waals surface area contributed by atoms with Crippen LogP contribution in [-0.4, -0.2) is 28.0 Å². The number of carbonyl (C=O) groups is 1. The Morgan fingerprint density at radius 3 is 2.74 bits per heavy atom. The molecular formula is C21H19F3N4O3. The third-order valence-corrected chi connectivity index (χ3v) is 5.01. The number of aromatic nitrogens is 3. The van der Waals surface area contributed by atoms with Gasteiger partial charge >= 0.3 is 6.18 Å². The third kappa shape index (κ3) is 4.53. The molecule has 0 fully saturated rings. The van der Waals surface area contributed by atoms with Gasteiger partial charge in [-0.15, -0.1) is 5.10 Å². The van der Waals surface area contributed by atoms with Crippen LogP contribution < -0.4 is 10.1 Å². The molecule has 1 aliphatic rings. The van der Waals surface area contributed by atoms with Crippen molar-refractivity contribution in [3.63, 3.8) is 0 Å². The number of hydrogen-bond donors (Lipinski definition) is 1. The first kappa shape index (κ1) is 20.9. The van der Waals surface area contributed by atoms with Crippen LogP contribution in [0.3, 0.4) is 0 Å². The normalized spacial score (nSPS) is 15.9. The molecule has 0 radical (unpaired) electrons. The second kappa shape index (κ2) is 8.38. The predicted octanol–water partition coefficient (Wildman–Crippen LogP) is 3.51. The number of rotatable bonds is 5. The van der Waals surface area contributed by atoms with Gasteiger partial charge in [-0.1, -0.05) is 29.5 Å². The van der Waals surface area contributed by atoms with Gasteiger partial charge < -0.3 is 14.8 Å². The Morgan fingerprint density at radius 1 is 1.26 bits per heavy atom. The molecule has 10 heteroatoms. The number of amides is 1. The highest BCUT2D eigenvalue weighted by atomic mass is 19.4. The van der Waals surface area contributed by atoms with Gasteiger partial charge in [-0.25, -0.2) is 4.68 Å². The number of alkyl halides is 3. The minimum absolute atomic E-state index is 0.0651. The molecule has 0 saturated heterocycles. The fourth-order valence-corrected chi connectivity index (χ4v) is 3.33. The second-order valence-electron chi connectivity index (χ2n) is 7.02. The van der Waals surface area contributed by atoms with E-state index in [1.165, 1.54) is 12.1 Å². The van der Waals surface area contributed by atoms with Gasteiger partial charge in [0, 0.05) is 6.54 Å². The summed E-state index contributed by atoms with van der Waals surface area (Å²) in [6, 6.07) is 12.3. The van der Waals surface area contributed by atoms with E-state index in [-0.39, 0.29) is 24.9 Å². The summed E-state index contributed by atoms with van der Waals surface area (Å²) >= 11 is 0. The zero-order valence-electron chi connectivity index (χ0n) is 16.5. The first-order valence-corrected chi connectivity index (χ1v) is 9.47. The summed E-state index contributed by atoms with van der Waals surface area (Å²) < 4.78 is 51.2. The first-order valence-electron chi connectivity index (χ1n) is 9.47. The van der Waals surface area contributed by atoms with Gasteiger partial charge in [-0.2, -0.15) is 13.2 Å². The van der Waals surface area contributed by atoms with E-state index in [0.29, 0.717) is 17.8 Å². The molecule has 1 aliphatic heterocycles. The van der Waals surface area contributed by atoms with Gasteiger partial charge in [0.15, 0.2) is 5.69 Å². The Kier molecular flexibility index (Phi) is 5.64. The maximum Gasteiger partial charge on any atom is 0.416 e. The molecule has 4 rings (SSSR count). The summed E-state index contributed by atoms with van der Waals surface area (Å²) in [5.74, 6) is 0.214. The van der Waals surface area contributed by atoms with Crippen molar-refractivity contribution in [2.24, 2.45) is 0 Å². The van der Waals surface area contributed by atoms with Gasteiger partial charge in [0.2, 0.25) is 0 Å². The topological polar surface area (TPSA) is 78.3 Å². The van der Waals surface area contributed by atoms with E-state index < -0.39 is 17.6 Å². The molecular weight excluding hydrogens is 413 g/mol. The molecule has 0 unspecified atom stereocenters. The van der Waals surface area contributed by atoms with Gasteiger partial charge in [0.05, 0.1) is 31.5 Å². The summed E-state index contributed by atoms with van der Waals surface area (Å²) in [7, 11) is 1.59. The standard InChI is InChI=1S/C21H19F3N4O3/c1-30-16-7-5-14(6-8-16)18-11-28-17(12-31-18)19(26-27-28)20(29)25-10-13-3-2-4-15(9-13)21(22,23)24/h2-9,18H,10-12H2,1H3,(H,25,29)/t18-/m1/s1. The van der Waals surface area contributed by atoms with Crippen molar-refractivity contribution in [1.82, 2.24) is 20.3 Å². The van der Waals surface area contributed by atoms with Crippen LogP contribution in [0.25, 0.3) is 0 Å². The molecule has 0 saturated carbocycles. The zero-order valence-corrected chi connectivity index (χ0v) is 16.5. The van der Waals surface area contributed by atoms with Crippen molar-refractivity contribution in [1.29, 1.82) is 0 Å². The molecule has 31 heavy (non-hydrogen) atoms. The molecule has 1 amide bonds. The molecule has 0 aliphatic carbocycles. The predicted molar refractivity (Wildman–Crippen MR) is 103 cm³/mol. The van der Waals surface area contributed by atoms with Gasteiger partial charge in [0.1, 0.15) is 11.9 Å². The first-order chi connectivity index (χ1) is 14.8. The van der Waals surface area contributed by atoms with Crippen LogP contribution in [0.5, 0.6) is 5.75 Å². The minimum atomic E-state index is -4.44. The van der Waals surface area contributed by atoms with Crippen LogP contribution in [-0.2, 0) is 30.6 Å². The molecule has 2 aromatic carbocycles. The lowest BCUT2D eigenvalue weighted by atomic mass is 10.1. The lowest BCUT2D eigenvalue weighted by molar-refractivity contribution is -0.137. The number of methoxy groups -OCH3 is 1. The fraction of sp³-hybridized carbons (Fsp3) is 0.286. The molecule has 2 heterocycles. The molecule has 1 N–H and O–H groups in total. The monoisotopic (exact) mass is 432 g/mol. The van der Waals surface area contributed by atoms with Gasteiger partial charge in [-0.3, -0.25) is 4.79 Å². The summed E-state index contributed by atoms with van der Waals surface area (Å²) in [5, 5.41) is 10.6. The molecule has 1 aromatic heterocycles. The number of ether oxygens (including phenoxy) is 2. The van der Waals surface area contributed by atoms with E-state index in [0.717, 1.165) is 23.4 Å². The van der Waals surface area contributed by atoms with Crippen LogP contribution in [0.15, 0.2) is 48.5 Å². The number of nitrogens with zero attached hydrogens (tertiary/aromatic N) is 3. The largest absolute Gasteiger partial charge is 0.497 e. The highest BCUT2D eigenvalue weighted by Gasteiger charge is 2.31. The number of benzene rings is 2. The number of nitrogens with one attached hydrogen (secondary N) is 1. The lowest BCUT2D eigenvalue weighted by Gasteiger charge is -2.24. The van der Waals surface area contributed by atoms with E-state index in [9.17, 15) is 18.0 Å². The molecule has 162 valence electrons. The van der Waals surface area contributed by atoms with E-state index in [2.05, 4.69) is 15.6 Å². The van der Waals surface area contributed by atoms with Crippen molar-refractivity contribution >= 4 is 5.91 Å². The van der Waals surface area contributed by atoms with Crippen LogP contribution in [0.4, 0.5) is 13.2 Å². The zero-order chi connectivity index (χ0) is 22.0. The Labute approximate surface area is 175 Å². The van der Waals surface area contributed by atoms with Crippen molar-refractivity contribution in [3.05, 3.63) is 76.6 Å². The summed E-state index contributed by atoms with van der Waals surface area (Å²) in [4.78, 5) is 12.5. The van der Waals surface area contributed by atoms with Gasteiger partial charge in [0.25, 0.3) is 5.91 Å². The van der Waals surface area contributed by atoms with Crippen molar-refractivity contribution in [2.75, 3.05) is 7.11 Å². The summed E-state index contributed by atoms with van der Waals surface area (Å²) in [5.41, 5.74) is 1.13. The summed E-state index contributed by atoms with van der Waals surface area (Å²) in [6.07, 6.45) is -4.69. The number of fused-ring (bicyclic) bond motifs is 1. The van der Waals surface area contributed by atoms with Crippen LogP contribution in [0.2, 0.25) is 0 Å². The Morgan fingerprint density at radius 2 is 2.03 bits per heavy atom. The molecule has 7 nitrogen and oxygen atoms in total. The van der Waals surface area contributed by atoms with Gasteiger partial charge in [-0.05, 0) is 35.4 Å². The highest BCUT2D eigenvalue weighted by Crippen LogP contribution is 2.30. The highest BCUT2D eigenvalue weighted by molar-refractivity contribution is 5.93. The van der Waals surface area contributed by atoms with Crippen LogP contribution in [0.1, 0.15) is 39.0 Å². The maximum absolute atomic E-state index is 12.8. The van der Waals surface area contributed by atoms with Crippen molar-refractivity contribution in [2.45, 2.75) is 32.0 Å².